The van der Waals surface area contributed by atoms with Crippen LogP contribution in [0.5, 0.6) is 5.75 Å². The normalized spacial score (nSPS) is 11.7. The number of ether oxygens (including phenoxy) is 1. The minimum atomic E-state index is 0.343. The Morgan fingerprint density at radius 2 is 1.93 bits per heavy atom. The fraction of sp³-hybridized carbons (Fsp3) is 0.350. The monoisotopic (exact) mass is 382 g/mol. The molecule has 0 unspecified atom stereocenters. The predicted octanol–water partition coefficient (Wildman–Crippen LogP) is 2.86. The number of hydrogen-bond acceptors (Lipinski definition) is 5. The summed E-state index contributed by atoms with van der Waals surface area (Å²) in [5.74, 6) is 2.60. The van der Waals surface area contributed by atoms with Crippen LogP contribution in [0.2, 0.25) is 0 Å². The predicted molar refractivity (Wildman–Crippen MR) is 108 cm³/mol. The van der Waals surface area contributed by atoms with Crippen molar-refractivity contribution >= 4 is 5.96 Å². The number of nitrogens with one attached hydrogen (secondary N) is 2. The number of benzene rings is 1. The van der Waals surface area contributed by atoms with E-state index in [1.807, 2.05) is 47.3 Å². The molecule has 0 aliphatic rings. The first-order valence-corrected chi connectivity index (χ1v) is 9.18. The quantitative estimate of drug-likeness (QED) is 0.482. The summed E-state index contributed by atoms with van der Waals surface area (Å²) in [6, 6.07) is 11.7. The van der Waals surface area contributed by atoms with Crippen molar-refractivity contribution in [2.24, 2.45) is 4.99 Å². The Morgan fingerprint density at radius 3 is 2.57 bits per heavy atom. The smallest absolute Gasteiger partial charge is 0.191 e. The number of nitrogens with zero attached hydrogens (tertiary/aromatic N) is 4. The fourth-order valence-electron chi connectivity index (χ4n) is 2.58. The molecular formula is C20H26N6O2. The molecule has 0 fully saturated rings. The van der Waals surface area contributed by atoms with Crippen LogP contribution < -0.4 is 15.4 Å². The fourth-order valence-corrected chi connectivity index (χ4v) is 2.58. The van der Waals surface area contributed by atoms with Gasteiger partial charge in [-0.15, -0.1) is 0 Å². The maximum Gasteiger partial charge on any atom is 0.191 e. The van der Waals surface area contributed by atoms with Crippen molar-refractivity contribution in [3.8, 4) is 11.4 Å². The Bertz CT molecular complexity index is 911. The molecule has 8 nitrogen and oxygen atoms in total. The van der Waals surface area contributed by atoms with E-state index in [1.54, 1.807) is 14.2 Å². The maximum absolute atomic E-state index is 5.33. The zero-order chi connectivity index (χ0) is 19.9. The lowest BCUT2D eigenvalue weighted by Gasteiger charge is -2.09. The van der Waals surface area contributed by atoms with Crippen molar-refractivity contribution in [3.05, 3.63) is 59.7 Å². The van der Waals surface area contributed by atoms with E-state index < -0.39 is 0 Å². The molecule has 1 aromatic carbocycles. The Kier molecular flexibility index (Phi) is 6.31. The van der Waals surface area contributed by atoms with Gasteiger partial charge in [-0.05, 0) is 36.2 Å². The van der Waals surface area contributed by atoms with Gasteiger partial charge in [0.1, 0.15) is 5.75 Å². The third-order valence-electron chi connectivity index (χ3n) is 4.24. The molecule has 0 bridgehead atoms. The highest BCUT2D eigenvalue weighted by Gasteiger charge is 2.08. The van der Waals surface area contributed by atoms with Gasteiger partial charge in [0.2, 0.25) is 0 Å². The minimum Gasteiger partial charge on any atom is -0.497 e. The summed E-state index contributed by atoms with van der Waals surface area (Å²) >= 11 is 0. The third kappa shape index (κ3) is 4.91. The van der Waals surface area contributed by atoms with Crippen LogP contribution in [-0.2, 0) is 13.1 Å². The van der Waals surface area contributed by atoms with Crippen molar-refractivity contribution in [2.45, 2.75) is 32.9 Å². The van der Waals surface area contributed by atoms with Gasteiger partial charge in [0.15, 0.2) is 11.7 Å². The number of rotatable bonds is 7. The molecule has 0 spiro atoms. The number of methoxy groups -OCH3 is 1. The third-order valence-corrected chi connectivity index (χ3v) is 4.24. The Labute approximate surface area is 164 Å². The molecule has 148 valence electrons. The summed E-state index contributed by atoms with van der Waals surface area (Å²) < 4.78 is 12.3. The van der Waals surface area contributed by atoms with Crippen molar-refractivity contribution in [1.29, 1.82) is 0 Å². The second-order valence-electron chi connectivity index (χ2n) is 6.60. The van der Waals surface area contributed by atoms with Crippen LogP contribution >= 0.6 is 0 Å². The zero-order valence-electron chi connectivity index (χ0n) is 16.6. The SMILES string of the molecule is CN=C(NCc1ccn(-c2ccc(OC)cc2)n1)NCc1cc(C(C)C)no1. The average Bonchev–Trinajstić information content (AvgIpc) is 3.38. The second kappa shape index (κ2) is 9.07. The van der Waals surface area contributed by atoms with Crippen LogP contribution in [-0.4, -0.2) is 35.1 Å². The molecule has 0 amide bonds. The van der Waals surface area contributed by atoms with Gasteiger partial charge in [0, 0.05) is 19.3 Å². The lowest BCUT2D eigenvalue weighted by atomic mass is 10.1. The molecule has 3 rings (SSSR count). The van der Waals surface area contributed by atoms with E-state index in [0.717, 1.165) is 28.6 Å². The van der Waals surface area contributed by atoms with E-state index in [4.69, 9.17) is 9.26 Å². The Morgan fingerprint density at radius 1 is 1.18 bits per heavy atom. The van der Waals surface area contributed by atoms with Crippen LogP contribution in [0.25, 0.3) is 5.69 Å². The molecule has 2 aromatic heterocycles. The molecule has 28 heavy (non-hydrogen) atoms. The molecular weight excluding hydrogens is 356 g/mol. The molecule has 3 aromatic rings. The summed E-state index contributed by atoms with van der Waals surface area (Å²) in [4.78, 5) is 4.23. The molecule has 2 heterocycles. The van der Waals surface area contributed by atoms with Crippen molar-refractivity contribution in [1.82, 2.24) is 25.6 Å². The van der Waals surface area contributed by atoms with Crippen molar-refractivity contribution in [2.75, 3.05) is 14.2 Å². The largest absolute Gasteiger partial charge is 0.497 e. The highest BCUT2D eigenvalue weighted by atomic mass is 16.5. The molecule has 0 atom stereocenters. The molecule has 0 aliphatic heterocycles. The maximum atomic E-state index is 5.33. The summed E-state index contributed by atoms with van der Waals surface area (Å²) in [6.45, 7) is 5.23. The number of aromatic nitrogens is 3. The van der Waals surface area contributed by atoms with Crippen LogP contribution in [0.15, 0.2) is 52.1 Å². The van der Waals surface area contributed by atoms with Crippen molar-refractivity contribution in [3.63, 3.8) is 0 Å². The molecule has 0 saturated heterocycles. The van der Waals surface area contributed by atoms with Gasteiger partial charge in [-0.2, -0.15) is 5.10 Å². The van der Waals surface area contributed by atoms with E-state index in [-0.39, 0.29) is 0 Å². The second-order valence-corrected chi connectivity index (χ2v) is 6.60. The first kappa shape index (κ1) is 19.5. The van der Waals surface area contributed by atoms with E-state index in [0.29, 0.717) is 25.0 Å². The molecule has 0 radical (unpaired) electrons. The lowest BCUT2D eigenvalue weighted by molar-refractivity contribution is 0.372. The number of aliphatic imine (C=N–C) groups is 1. The van der Waals surface area contributed by atoms with Crippen LogP contribution in [0.4, 0.5) is 0 Å². The zero-order valence-corrected chi connectivity index (χ0v) is 16.6. The van der Waals surface area contributed by atoms with E-state index in [1.165, 1.54) is 0 Å². The summed E-state index contributed by atoms with van der Waals surface area (Å²) in [6.07, 6.45) is 1.93. The van der Waals surface area contributed by atoms with Crippen molar-refractivity contribution < 1.29 is 9.26 Å². The van der Waals surface area contributed by atoms with Crippen LogP contribution in [0, 0.1) is 0 Å². The molecule has 0 aliphatic carbocycles. The summed E-state index contributed by atoms with van der Waals surface area (Å²) in [7, 11) is 3.38. The lowest BCUT2D eigenvalue weighted by Crippen LogP contribution is -2.36. The first-order valence-electron chi connectivity index (χ1n) is 9.18. The van der Waals surface area contributed by atoms with Gasteiger partial charge in [0.05, 0.1) is 37.3 Å². The van der Waals surface area contributed by atoms with E-state index in [2.05, 4.69) is 39.7 Å². The van der Waals surface area contributed by atoms with E-state index in [9.17, 15) is 0 Å². The molecule has 2 N–H and O–H groups in total. The van der Waals surface area contributed by atoms with Gasteiger partial charge in [-0.1, -0.05) is 19.0 Å². The van der Waals surface area contributed by atoms with Gasteiger partial charge in [-0.25, -0.2) is 4.68 Å². The minimum absolute atomic E-state index is 0.343. The highest BCUT2D eigenvalue weighted by Crippen LogP contribution is 2.15. The van der Waals surface area contributed by atoms with Gasteiger partial charge < -0.3 is 19.9 Å². The Balaban J connectivity index is 1.52. The summed E-state index contributed by atoms with van der Waals surface area (Å²) in [5.41, 5.74) is 2.82. The average molecular weight is 382 g/mol. The standard InChI is InChI=1S/C20H26N6O2/c1-14(2)19-11-18(28-25-19)13-23-20(21-3)22-12-15-9-10-26(24-15)16-5-7-17(27-4)8-6-16/h5-11,14H,12-13H2,1-4H3,(H2,21,22,23). The molecule has 8 heteroatoms. The van der Waals surface area contributed by atoms with Crippen LogP contribution in [0.3, 0.4) is 0 Å². The topological polar surface area (TPSA) is 89.5 Å². The number of guanidine groups is 1. The van der Waals surface area contributed by atoms with Crippen LogP contribution in [0.1, 0.15) is 36.9 Å². The Hall–Kier alpha value is -3.29. The number of hydrogen-bond donors (Lipinski definition) is 2. The molecule has 0 saturated carbocycles. The van der Waals surface area contributed by atoms with Gasteiger partial charge in [0.25, 0.3) is 0 Å². The van der Waals surface area contributed by atoms with Gasteiger partial charge in [-0.3, -0.25) is 4.99 Å². The summed E-state index contributed by atoms with van der Waals surface area (Å²) in [5, 5.41) is 15.1. The highest BCUT2D eigenvalue weighted by molar-refractivity contribution is 5.79. The van der Waals surface area contributed by atoms with Gasteiger partial charge >= 0.3 is 0 Å². The van der Waals surface area contributed by atoms with E-state index >= 15 is 0 Å². The first-order chi connectivity index (χ1) is 13.6.